The monoisotopic (exact) mass is 201 g/mol. The molecule has 78 valence electrons. The molecule has 2 heteroatoms. The average molecular weight is 201 g/mol. The van der Waals surface area contributed by atoms with E-state index in [9.17, 15) is 4.79 Å². The molecule has 0 N–H and O–H groups in total. The number of rotatable bonds is 1. The number of hydrogen-bond donors (Lipinski definition) is 0. The van der Waals surface area contributed by atoms with Crippen LogP contribution in [0.1, 0.15) is 24.3 Å². The Hall–Kier alpha value is -1.31. The van der Waals surface area contributed by atoms with E-state index in [1.165, 1.54) is 5.56 Å². The molecule has 15 heavy (non-hydrogen) atoms. The molecule has 2 fully saturated rings. The van der Waals surface area contributed by atoms with Crippen LogP contribution in [0.3, 0.4) is 0 Å². The van der Waals surface area contributed by atoms with Gasteiger partial charge in [-0.15, -0.1) is 0 Å². The fourth-order valence-corrected chi connectivity index (χ4v) is 3.16. The molecule has 0 aromatic heterocycles. The Bertz CT molecular complexity index is 383. The lowest BCUT2D eigenvalue weighted by Gasteiger charge is -2.30. The number of piperidine rings is 1. The molecule has 1 aromatic carbocycles. The first kappa shape index (κ1) is 8.96. The van der Waals surface area contributed by atoms with Crippen molar-refractivity contribution in [1.29, 1.82) is 0 Å². The molecule has 1 saturated carbocycles. The second-order valence-corrected chi connectivity index (χ2v) is 4.70. The zero-order valence-corrected chi connectivity index (χ0v) is 8.89. The number of carbonyl (C=O) groups excluding carboxylic acids is 1. The van der Waals surface area contributed by atoms with E-state index < -0.39 is 0 Å². The Morgan fingerprint density at radius 1 is 1.20 bits per heavy atom. The van der Waals surface area contributed by atoms with Crippen molar-refractivity contribution in [3.8, 4) is 0 Å². The van der Waals surface area contributed by atoms with E-state index in [1.807, 2.05) is 18.0 Å². The topological polar surface area (TPSA) is 20.3 Å². The summed E-state index contributed by atoms with van der Waals surface area (Å²) in [7, 11) is 1.95. The van der Waals surface area contributed by atoms with Gasteiger partial charge in [-0.3, -0.25) is 4.79 Å². The molecule has 3 atom stereocenters. The van der Waals surface area contributed by atoms with Crippen molar-refractivity contribution in [2.75, 3.05) is 7.05 Å². The molecular weight excluding hydrogens is 186 g/mol. The lowest BCUT2D eigenvalue weighted by atomic mass is 9.90. The Balaban J connectivity index is 1.90. The molecule has 1 aromatic rings. The van der Waals surface area contributed by atoms with Gasteiger partial charge in [-0.1, -0.05) is 30.3 Å². The van der Waals surface area contributed by atoms with Crippen molar-refractivity contribution in [3.05, 3.63) is 35.9 Å². The minimum absolute atomic E-state index is 0.296. The molecule has 2 aliphatic rings. The number of nitrogens with zero attached hydrogens (tertiary/aromatic N) is 1. The predicted molar refractivity (Wildman–Crippen MR) is 58.5 cm³/mol. The van der Waals surface area contributed by atoms with Crippen LogP contribution in [-0.2, 0) is 4.79 Å². The molecule has 0 unspecified atom stereocenters. The minimum Gasteiger partial charge on any atom is -0.342 e. The number of likely N-dealkylation sites (tertiary alicyclic amines) is 1. The highest BCUT2D eigenvalue weighted by molar-refractivity contribution is 5.82. The van der Waals surface area contributed by atoms with Gasteiger partial charge in [-0.2, -0.15) is 0 Å². The molecule has 0 spiro atoms. The number of amides is 1. The SMILES string of the molecule is CN1C(=O)[C@H]2C[C@@H]1[C@H](c1ccccc1)C2. The predicted octanol–water partition coefficient (Wildman–Crippen LogP) is 2.02. The van der Waals surface area contributed by atoms with Crippen molar-refractivity contribution >= 4 is 5.91 Å². The Morgan fingerprint density at radius 2 is 1.93 bits per heavy atom. The maximum atomic E-state index is 11.7. The van der Waals surface area contributed by atoms with Crippen LogP contribution in [0.5, 0.6) is 0 Å². The largest absolute Gasteiger partial charge is 0.342 e. The second kappa shape index (κ2) is 3.09. The summed E-state index contributed by atoms with van der Waals surface area (Å²) in [6.45, 7) is 0. The lowest BCUT2D eigenvalue weighted by Crippen LogP contribution is -2.37. The molecule has 2 nitrogen and oxygen atoms in total. The number of fused-ring (bicyclic) bond motifs is 2. The fraction of sp³-hybridized carbons (Fsp3) is 0.462. The molecule has 1 heterocycles. The van der Waals surface area contributed by atoms with E-state index in [1.54, 1.807) is 0 Å². The molecule has 1 aliphatic carbocycles. The normalized spacial score (nSPS) is 33.8. The van der Waals surface area contributed by atoms with Crippen LogP contribution in [-0.4, -0.2) is 23.9 Å². The summed E-state index contributed by atoms with van der Waals surface area (Å²) in [5.74, 6) is 1.22. The van der Waals surface area contributed by atoms with E-state index >= 15 is 0 Å². The molecule has 0 radical (unpaired) electrons. The lowest BCUT2D eigenvalue weighted by molar-refractivity contribution is -0.133. The maximum absolute atomic E-state index is 11.7. The first-order valence-corrected chi connectivity index (χ1v) is 5.59. The summed E-state index contributed by atoms with van der Waals surface area (Å²) >= 11 is 0. The number of likely N-dealkylation sites (N-methyl/N-ethyl adjacent to an activating group) is 1. The van der Waals surface area contributed by atoms with Crippen molar-refractivity contribution in [2.24, 2.45) is 5.92 Å². The molecule has 1 saturated heterocycles. The highest BCUT2D eigenvalue weighted by Crippen LogP contribution is 2.46. The highest BCUT2D eigenvalue weighted by atomic mass is 16.2. The molecular formula is C13H15NO. The van der Waals surface area contributed by atoms with Gasteiger partial charge >= 0.3 is 0 Å². The summed E-state index contributed by atoms with van der Waals surface area (Å²) < 4.78 is 0. The molecule has 1 amide bonds. The third kappa shape index (κ3) is 1.21. The van der Waals surface area contributed by atoms with Crippen molar-refractivity contribution in [1.82, 2.24) is 4.90 Å². The molecule has 3 rings (SSSR count). The van der Waals surface area contributed by atoms with Crippen LogP contribution < -0.4 is 0 Å². The second-order valence-electron chi connectivity index (χ2n) is 4.70. The number of hydrogen-bond acceptors (Lipinski definition) is 1. The fourth-order valence-electron chi connectivity index (χ4n) is 3.16. The standard InChI is InChI=1S/C13H15NO/c1-14-12-8-10(13(14)15)7-11(12)9-5-3-2-4-6-9/h2-6,10-12H,7-8H2,1H3/t10-,11+,12-/m1/s1. The summed E-state index contributed by atoms with van der Waals surface area (Å²) in [5.41, 5.74) is 1.39. The smallest absolute Gasteiger partial charge is 0.225 e. The van der Waals surface area contributed by atoms with Crippen LogP contribution in [0, 0.1) is 5.92 Å². The van der Waals surface area contributed by atoms with Crippen molar-refractivity contribution in [3.63, 3.8) is 0 Å². The van der Waals surface area contributed by atoms with E-state index in [2.05, 4.69) is 24.3 Å². The highest BCUT2D eigenvalue weighted by Gasteiger charge is 2.49. The Labute approximate surface area is 89.9 Å². The number of carbonyl (C=O) groups is 1. The van der Waals surface area contributed by atoms with E-state index in [0.29, 0.717) is 23.8 Å². The third-order valence-electron chi connectivity index (χ3n) is 3.95. The van der Waals surface area contributed by atoms with Gasteiger partial charge in [-0.05, 0) is 18.4 Å². The van der Waals surface area contributed by atoms with Crippen LogP contribution in [0.15, 0.2) is 30.3 Å². The van der Waals surface area contributed by atoms with Gasteiger partial charge in [0, 0.05) is 24.9 Å². The Morgan fingerprint density at radius 3 is 2.53 bits per heavy atom. The number of benzene rings is 1. The van der Waals surface area contributed by atoms with Gasteiger partial charge in [0.15, 0.2) is 0 Å². The van der Waals surface area contributed by atoms with E-state index in [0.717, 1.165) is 12.8 Å². The van der Waals surface area contributed by atoms with Crippen molar-refractivity contribution < 1.29 is 4.79 Å². The van der Waals surface area contributed by atoms with Gasteiger partial charge in [0.1, 0.15) is 0 Å². The van der Waals surface area contributed by atoms with E-state index in [-0.39, 0.29) is 0 Å². The zero-order valence-electron chi connectivity index (χ0n) is 8.89. The first-order chi connectivity index (χ1) is 7.27. The van der Waals surface area contributed by atoms with Gasteiger partial charge in [0.05, 0.1) is 0 Å². The van der Waals surface area contributed by atoms with Crippen LogP contribution in [0.2, 0.25) is 0 Å². The third-order valence-corrected chi connectivity index (χ3v) is 3.95. The van der Waals surface area contributed by atoms with Crippen LogP contribution >= 0.6 is 0 Å². The van der Waals surface area contributed by atoms with Gasteiger partial charge in [-0.25, -0.2) is 0 Å². The molecule has 2 bridgehead atoms. The van der Waals surface area contributed by atoms with Gasteiger partial charge < -0.3 is 4.90 Å². The zero-order chi connectivity index (χ0) is 10.4. The summed E-state index contributed by atoms with van der Waals surface area (Å²) in [5, 5.41) is 0. The molecule has 1 aliphatic heterocycles. The first-order valence-electron chi connectivity index (χ1n) is 5.59. The van der Waals surface area contributed by atoms with E-state index in [4.69, 9.17) is 0 Å². The van der Waals surface area contributed by atoms with Crippen LogP contribution in [0.4, 0.5) is 0 Å². The summed E-state index contributed by atoms with van der Waals surface area (Å²) in [4.78, 5) is 13.6. The maximum Gasteiger partial charge on any atom is 0.225 e. The Kier molecular flexibility index (Phi) is 1.84. The quantitative estimate of drug-likeness (QED) is 0.680. The van der Waals surface area contributed by atoms with Crippen molar-refractivity contribution in [2.45, 2.75) is 24.8 Å². The van der Waals surface area contributed by atoms with Crippen LogP contribution in [0.25, 0.3) is 0 Å². The van der Waals surface area contributed by atoms with Gasteiger partial charge in [0.2, 0.25) is 5.91 Å². The summed E-state index contributed by atoms with van der Waals surface area (Å²) in [6, 6.07) is 11.0. The van der Waals surface area contributed by atoms with Gasteiger partial charge in [0.25, 0.3) is 0 Å². The average Bonchev–Trinajstić information content (AvgIpc) is 2.82. The minimum atomic E-state index is 0.296. The summed E-state index contributed by atoms with van der Waals surface area (Å²) in [6.07, 6.45) is 2.12.